The number of fused-ring (bicyclic) bond motifs is 3. The highest BCUT2D eigenvalue weighted by molar-refractivity contribution is 7.38. The first-order valence-electron chi connectivity index (χ1n) is 8.69. The lowest BCUT2D eigenvalue weighted by molar-refractivity contribution is 0.412. The minimum absolute atomic E-state index is 0.754. The minimum Gasteiger partial charge on any atom is -0.493 e. The average molecular weight is 359 g/mol. The van der Waals surface area contributed by atoms with Gasteiger partial charge in [-0.15, -0.1) is 0 Å². The van der Waals surface area contributed by atoms with E-state index in [1.807, 2.05) is 6.07 Å². The number of nitrogens with zero attached hydrogens (tertiary/aromatic N) is 1. The van der Waals surface area contributed by atoms with Gasteiger partial charge in [0.05, 0.1) is 7.11 Å². The molecule has 1 heterocycles. The lowest BCUT2D eigenvalue weighted by Gasteiger charge is -2.13. The summed E-state index contributed by atoms with van der Waals surface area (Å²) < 4.78 is 20.6. The summed E-state index contributed by atoms with van der Waals surface area (Å²) in [5.41, 5.74) is 5.25. The molecule has 1 unspecified atom stereocenters. The molecule has 0 N–H and O–H groups in total. The van der Waals surface area contributed by atoms with Gasteiger partial charge < -0.3 is 13.1 Å². The van der Waals surface area contributed by atoms with Crippen LogP contribution in [-0.2, 0) is 0 Å². The van der Waals surface area contributed by atoms with Crippen molar-refractivity contribution in [2.75, 3.05) is 24.9 Å². The number of benzene rings is 2. The van der Waals surface area contributed by atoms with Gasteiger partial charge in [-0.05, 0) is 61.7 Å². The molecule has 0 bridgehead atoms. The average Bonchev–Trinajstić information content (AvgIpc) is 2.73. The first-order chi connectivity index (χ1) is 12.0. The molecule has 3 aromatic rings. The smallest absolute Gasteiger partial charge is 0.309 e. The predicted molar refractivity (Wildman–Crippen MR) is 106 cm³/mol. The van der Waals surface area contributed by atoms with Crippen molar-refractivity contribution in [1.29, 1.82) is 0 Å². The number of hydrogen-bond acceptors (Lipinski definition) is 4. The second-order valence-electron chi connectivity index (χ2n) is 6.34. The molecular formula is C20H26NO3P. The summed E-state index contributed by atoms with van der Waals surface area (Å²) in [6.07, 6.45) is 0. The lowest BCUT2D eigenvalue weighted by Crippen LogP contribution is -2.17. The van der Waals surface area contributed by atoms with Crippen molar-refractivity contribution in [1.82, 2.24) is 0 Å². The van der Waals surface area contributed by atoms with E-state index in [9.17, 15) is 0 Å². The van der Waals surface area contributed by atoms with Crippen LogP contribution in [0.5, 0.6) is 5.75 Å². The van der Waals surface area contributed by atoms with Crippen LogP contribution in [0.25, 0.3) is 21.9 Å². The maximum atomic E-state index is 6.38. The van der Waals surface area contributed by atoms with Crippen LogP contribution in [0.1, 0.15) is 30.5 Å². The fraction of sp³-hybridized carbons (Fsp3) is 0.400. The molecule has 0 saturated carbocycles. The van der Waals surface area contributed by atoms with Crippen molar-refractivity contribution < 1.29 is 13.1 Å². The Morgan fingerprint density at radius 1 is 0.920 bits per heavy atom. The van der Waals surface area contributed by atoms with Crippen LogP contribution in [0.4, 0.5) is 0 Å². The minimum atomic E-state index is -1.24. The lowest BCUT2D eigenvalue weighted by atomic mass is 10.0. The van der Waals surface area contributed by atoms with Crippen LogP contribution in [-0.4, -0.2) is 20.2 Å². The molecule has 4 nitrogen and oxygen atoms in total. The molecule has 2 aromatic carbocycles. The maximum Gasteiger partial charge on any atom is 0.309 e. The largest absolute Gasteiger partial charge is 0.493 e. The Morgan fingerprint density at radius 2 is 1.60 bits per heavy atom. The van der Waals surface area contributed by atoms with Crippen LogP contribution < -0.4 is 9.41 Å². The zero-order valence-corrected chi connectivity index (χ0v) is 16.7. The second kappa shape index (κ2) is 7.15. The van der Waals surface area contributed by atoms with Crippen molar-refractivity contribution >= 4 is 30.1 Å². The van der Waals surface area contributed by atoms with E-state index in [0.29, 0.717) is 0 Å². The van der Waals surface area contributed by atoms with Gasteiger partial charge in [0.25, 0.3) is 0 Å². The molecule has 1 atom stereocenters. The summed E-state index contributed by atoms with van der Waals surface area (Å²) in [7, 11) is 0.450. The fourth-order valence-electron chi connectivity index (χ4n) is 3.01. The van der Waals surface area contributed by atoms with Crippen molar-refractivity contribution in [3.63, 3.8) is 0 Å². The first kappa shape index (κ1) is 17.9. The zero-order valence-electron chi connectivity index (χ0n) is 15.8. The van der Waals surface area contributed by atoms with E-state index in [2.05, 4.69) is 57.5 Å². The molecule has 0 aliphatic carbocycles. The summed E-state index contributed by atoms with van der Waals surface area (Å²) in [5, 5.41) is 2.10. The van der Waals surface area contributed by atoms with Gasteiger partial charge in [0.15, 0.2) is 11.3 Å². The van der Waals surface area contributed by atoms with Gasteiger partial charge >= 0.3 is 8.16 Å². The Morgan fingerprint density at radius 3 is 2.24 bits per heavy atom. The molecular weight excluding hydrogens is 333 g/mol. The summed E-state index contributed by atoms with van der Waals surface area (Å²) in [4.78, 5) is 0. The summed E-state index contributed by atoms with van der Waals surface area (Å²) in [6.45, 7) is 12.3. The van der Waals surface area contributed by atoms with Gasteiger partial charge in [-0.3, -0.25) is 0 Å². The van der Waals surface area contributed by atoms with Gasteiger partial charge in [0, 0.05) is 23.9 Å². The second-order valence-corrected chi connectivity index (χ2v) is 7.74. The van der Waals surface area contributed by atoms with Crippen LogP contribution >= 0.6 is 8.16 Å². The number of rotatable bonds is 4. The molecule has 0 aliphatic heterocycles. The topological polar surface area (TPSA) is 38.8 Å². The van der Waals surface area contributed by atoms with E-state index < -0.39 is 8.16 Å². The van der Waals surface area contributed by atoms with Gasteiger partial charge in [-0.1, -0.05) is 13.8 Å². The number of ether oxygens (including phenoxy) is 1. The molecule has 0 fully saturated rings. The molecule has 3 rings (SSSR count). The van der Waals surface area contributed by atoms with E-state index in [0.717, 1.165) is 46.3 Å². The van der Waals surface area contributed by atoms with Gasteiger partial charge in [-0.25, -0.2) is 4.67 Å². The van der Waals surface area contributed by atoms with E-state index in [-0.39, 0.29) is 0 Å². The molecule has 5 heteroatoms. The Hall–Kier alpha value is -1.90. The summed E-state index contributed by atoms with van der Waals surface area (Å²) in [5.74, 6) is 0.754. The zero-order chi connectivity index (χ0) is 18.1. The van der Waals surface area contributed by atoms with E-state index in [4.69, 9.17) is 13.1 Å². The van der Waals surface area contributed by atoms with E-state index in [1.165, 1.54) is 11.1 Å². The van der Waals surface area contributed by atoms with Crippen LogP contribution in [0, 0.1) is 20.8 Å². The Kier molecular flexibility index (Phi) is 5.12. The van der Waals surface area contributed by atoms with Crippen LogP contribution in [0.2, 0.25) is 0 Å². The molecule has 0 aliphatic rings. The quantitative estimate of drug-likeness (QED) is 0.556. The molecule has 134 valence electrons. The molecule has 0 amide bonds. The monoisotopic (exact) mass is 359 g/mol. The third-order valence-electron chi connectivity index (χ3n) is 4.61. The Balaban J connectivity index is 2.56. The number of aryl methyl sites for hydroxylation is 3. The predicted octanol–water partition coefficient (Wildman–Crippen LogP) is 6.20. The van der Waals surface area contributed by atoms with Crippen LogP contribution in [0.3, 0.4) is 0 Å². The van der Waals surface area contributed by atoms with Crippen molar-refractivity contribution in [3.8, 4) is 5.75 Å². The molecule has 0 radical (unpaired) electrons. The molecule has 1 aromatic heterocycles. The highest BCUT2D eigenvalue weighted by Crippen LogP contribution is 2.40. The van der Waals surface area contributed by atoms with Gasteiger partial charge in [0.2, 0.25) is 0 Å². The van der Waals surface area contributed by atoms with E-state index >= 15 is 0 Å². The maximum absolute atomic E-state index is 6.38. The standard InChI is InChI=1S/C20H26NO3P/c1-7-21(8-2)25-23-18-12-15(5)14(4)11-16(18)17-9-13(3)10-19(22-6)20(17)24-25/h9-12H,7-8H2,1-6H3. The number of hydrogen-bond donors (Lipinski definition) is 0. The molecule has 0 spiro atoms. The molecule has 25 heavy (non-hydrogen) atoms. The van der Waals surface area contributed by atoms with Gasteiger partial charge in [-0.2, -0.15) is 0 Å². The van der Waals surface area contributed by atoms with Crippen LogP contribution in [0.15, 0.2) is 32.7 Å². The SMILES string of the molecule is CCN(CC)p1oc2cc(C)c(C)cc2c2cc(C)cc(OC)c2o1. The van der Waals surface area contributed by atoms with Crippen molar-refractivity contribution in [2.45, 2.75) is 34.6 Å². The van der Waals surface area contributed by atoms with Gasteiger partial charge in [0.1, 0.15) is 5.58 Å². The summed E-state index contributed by atoms with van der Waals surface area (Å²) in [6, 6.07) is 8.47. The van der Waals surface area contributed by atoms with Crippen molar-refractivity contribution in [3.05, 3.63) is 41.0 Å². The van der Waals surface area contributed by atoms with E-state index in [1.54, 1.807) is 7.11 Å². The third kappa shape index (κ3) is 3.29. The highest BCUT2D eigenvalue weighted by Gasteiger charge is 2.15. The Labute approximate surface area is 150 Å². The fourth-order valence-corrected chi connectivity index (χ4v) is 4.41. The first-order valence-corrected chi connectivity index (χ1v) is 9.82. The van der Waals surface area contributed by atoms with Crippen molar-refractivity contribution in [2.24, 2.45) is 0 Å². The summed E-state index contributed by atoms with van der Waals surface area (Å²) >= 11 is 0. The highest BCUT2D eigenvalue weighted by atomic mass is 31.1. The third-order valence-corrected chi connectivity index (χ3v) is 6.33. The Bertz CT molecular complexity index is 959. The number of methoxy groups -OCH3 is 1. The normalized spacial score (nSPS) is 12.2. The molecule has 0 saturated heterocycles.